The first-order valence-electron chi connectivity index (χ1n) is 9.22. The van der Waals surface area contributed by atoms with Gasteiger partial charge in [0.1, 0.15) is 24.3 Å². The third-order valence-electron chi connectivity index (χ3n) is 5.01. The molecule has 0 saturated carbocycles. The fourth-order valence-corrected chi connectivity index (χ4v) is 3.67. The molecule has 2 heterocycles. The highest BCUT2D eigenvalue weighted by atomic mass is 35.5. The lowest BCUT2D eigenvalue weighted by molar-refractivity contribution is -0.750. The van der Waals surface area contributed by atoms with E-state index in [4.69, 9.17) is 27.2 Å². The molecule has 0 radical (unpaired) electrons. The molecule has 5 rings (SSSR count). The van der Waals surface area contributed by atoms with E-state index in [1.165, 1.54) is 0 Å². The van der Waals surface area contributed by atoms with Gasteiger partial charge in [0.2, 0.25) is 5.70 Å². The average molecular weight is 402 g/mol. The molecule has 142 valence electrons. The highest BCUT2D eigenvalue weighted by molar-refractivity contribution is 6.30. The summed E-state index contributed by atoms with van der Waals surface area (Å²) < 4.78 is 5.97. The van der Waals surface area contributed by atoms with E-state index < -0.39 is 0 Å². The van der Waals surface area contributed by atoms with Crippen LogP contribution in [0.2, 0.25) is 5.02 Å². The summed E-state index contributed by atoms with van der Waals surface area (Å²) in [6.45, 7) is 0.429. The van der Waals surface area contributed by atoms with Crippen LogP contribution in [-0.4, -0.2) is 16.6 Å². The molecule has 0 saturated heterocycles. The maximum Gasteiger partial charge on any atom is 0.265 e. The Morgan fingerprint density at radius 2 is 1.97 bits per heavy atom. The number of amidine groups is 1. The third kappa shape index (κ3) is 3.15. The van der Waals surface area contributed by atoms with Crippen molar-refractivity contribution in [1.82, 2.24) is 0 Å². The first-order chi connectivity index (χ1) is 14.1. The monoisotopic (exact) mass is 401 g/mol. The van der Waals surface area contributed by atoms with E-state index in [2.05, 4.69) is 4.99 Å². The summed E-state index contributed by atoms with van der Waals surface area (Å²) in [4.78, 5) is 9.13. The Balaban J connectivity index is 1.45. The molecule has 5 nitrogen and oxygen atoms in total. The SMILES string of the molecule is N[N+]12C=CN=CC1=C(C1=CC=C1)N=C2c1cccc(OCc2cccc(Cl)c2)c1. The number of nitrogens with zero attached hydrogens (tertiary/aromatic N) is 3. The normalized spacial score (nSPS) is 21.6. The number of rotatable bonds is 5. The summed E-state index contributed by atoms with van der Waals surface area (Å²) in [6, 6.07) is 15.5. The topological polar surface area (TPSA) is 60.0 Å². The molecule has 1 aliphatic carbocycles. The van der Waals surface area contributed by atoms with Crippen molar-refractivity contribution in [1.29, 1.82) is 0 Å². The molecule has 1 atom stereocenters. The largest absolute Gasteiger partial charge is 0.489 e. The maximum absolute atomic E-state index is 6.74. The molecule has 0 aromatic heterocycles. The second kappa shape index (κ2) is 6.97. The van der Waals surface area contributed by atoms with Gasteiger partial charge >= 0.3 is 0 Å². The highest BCUT2D eigenvalue weighted by Gasteiger charge is 2.44. The van der Waals surface area contributed by atoms with Gasteiger partial charge in [-0.05, 0) is 35.9 Å². The number of benzene rings is 2. The minimum absolute atomic E-state index is 0.0121. The third-order valence-corrected chi connectivity index (χ3v) is 5.24. The molecule has 1 unspecified atom stereocenters. The van der Waals surface area contributed by atoms with Crippen LogP contribution >= 0.6 is 11.6 Å². The first kappa shape index (κ1) is 17.8. The summed E-state index contributed by atoms with van der Waals surface area (Å²) in [5.41, 5.74) is 4.66. The molecule has 0 spiro atoms. The predicted molar refractivity (Wildman–Crippen MR) is 115 cm³/mol. The molecule has 6 heteroatoms. The summed E-state index contributed by atoms with van der Waals surface area (Å²) >= 11 is 6.06. The van der Waals surface area contributed by atoms with E-state index in [-0.39, 0.29) is 4.59 Å². The number of ether oxygens (including phenoxy) is 1. The van der Waals surface area contributed by atoms with Crippen LogP contribution in [0.3, 0.4) is 0 Å². The summed E-state index contributed by atoms with van der Waals surface area (Å²) in [6.07, 6.45) is 11.3. The van der Waals surface area contributed by atoms with Crippen molar-refractivity contribution in [2.24, 2.45) is 15.8 Å². The Kier molecular flexibility index (Phi) is 4.28. The Morgan fingerprint density at radius 1 is 1.10 bits per heavy atom. The van der Waals surface area contributed by atoms with Crippen LogP contribution in [0, 0.1) is 0 Å². The van der Waals surface area contributed by atoms with Crippen molar-refractivity contribution in [3.63, 3.8) is 0 Å². The zero-order valence-corrected chi connectivity index (χ0v) is 16.3. The fourth-order valence-electron chi connectivity index (χ4n) is 3.46. The van der Waals surface area contributed by atoms with Gasteiger partial charge in [0.25, 0.3) is 5.84 Å². The number of hydrogen-bond acceptors (Lipinski definition) is 4. The number of hydrogen-bond donors (Lipinski definition) is 1. The fraction of sp³-hybridized carbons (Fsp3) is 0.0435. The maximum atomic E-state index is 6.74. The van der Waals surface area contributed by atoms with Gasteiger partial charge < -0.3 is 4.74 Å². The van der Waals surface area contributed by atoms with E-state index in [1.54, 1.807) is 12.4 Å². The van der Waals surface area contributed by atoms with E-state index in [0.29, 0.717) is 11.6 Å². The van der Waals surface area contributed by atoms with Crippen LogP contribution < -0.4 is 10.6 Å². The number of allylic oxidation sites excluding steroid dienone is 4. The van der Waals surface area contributed by atoms with E-state index in [0.717, 1.165) is 39.7 Å². The number of nitrogens with two attached hydrogens (primary N) is 1. The lowest BCUT2D eigenvalue weighted by Crippen LogP contribution is -2.53. The lowest BCUT2D eigenvalue weighted by atomic mass is 10.0. The van der Waals surface area contributed by atoms with Crippen LogP contribution in [0.25, 0.3) is 0 Å². The van der Waals surface area contributed by atoms with Gasteiger partial charge in [0.05, 0.1) is 18.0 Å². The second-order valence-corrected chi connectivity index (χ2v) is 7.39. The Morgan fingerprint density at radius 3 is 2.76 bits per heavy atom. The lowest BCUT2D eigenvalue weighted by Gasteiger charge is -2.26. The van der Waals surface area contributed by atoms with Crippen LogP contribution in [0.4, 0.5) is 0 Å². The van der Waals surface area contributed by atoms with Crippen molar-refractivity contribution < 1.29 is 9.33 Å². The minimum Gasteiger partial charge on any atom is -0.489 e. The summed E-state index contributed by atoms with van der Waals surface area (Å²) in [7, 11) is 0. The molecule has 2 N–H and O–H groups in total. The van der Waals surface area contributed by atoms with Crippen molar-refractivity contribution in [2.45, 2.75) is 6.61 Å². The van der Waals surface area contributed by atoms with E-state index >= 15 is 0 Å². The van der Waals surface area contributed by atoms with Gasteiger partial charge in [0, 0.05) is 10.6 Å². The van der Waals surface area contributed by atoms with Crippen molar-refractivity contribution in [3.05, 3.63) is 112 Å². The zero-order valence-electron chi connectivity index (χ0n) is 15.5. The molecule has 3 aliphatic rings. The van der Waals surface area contributed by atoms with E-state index in [9.17, 15) is 0 Å². The number of aliphatic imine (C=N–C) groups is 2. The summed E-state index contributed by atoms with van der Waals surface area (Å²) in [5, 5.41) is 0.693. The zero-order chi connectivity index (χ0) is 19.8. The average Bonchev–Trinajstić information content (AvgIpc) is 2.98. The molecular formula is C23H18ClN4O+. The van der Waals surface area contributed by atoms with Crippen LogP contribution in [0.1, 0.15) is 11.1 Å². The van der Waals surface area contributed by atoms with Gasteiger partial charge in [-0.25, -0.2) is 0 Å². The number of halogens is 1. The predicted octanol–water partition coefficient (Wildman–Crippen LogP) is 4.63. The smallest absolute Gasteiger partial charge is 0.265 e. The molecule has 0 fully saturated rings. The molecule has 29 heavy (non-hydrogen) atoms. The van der Waals surface area contributed by atoms with Crippen LogP contribution in [0.5, 0.6) is 5.75 Å². The van der Waals surface area contributed by atoms with Gasteiger partial charge in [-0.1, -0.05) is 48.0 Å². The Labute approximate surface area is 173 Å². The molecule has 2 aliphatic heterocycles. The van der Waals surface area contributed by atoms with Crippen molar-refractivity contribution >= 4 is 23.7 Å². The minimum atomic E-state index is -0.0121. The molecule has 2 aromatic rings. The van der Waals surface area contributed by atoms with E-state index in [1.807, 2.05) is 73.0 Å². The molecular weight excluding hydrogens is 384 g/mol. The number of quaternary nitrogens is 1. The Bertz CT molecular complexity index is 1190. The quantitative estimate of drug-likeness (QED) is 0.586. The summed E-state index contributed by atoms with van der Waals surface area (Å²) in [5.74, 6) is 8.21. The highest BCUT2D eigenvalue weighted by Crippen LogP contribution is 2.36. The first-order valence-corrected chi connectivity index (χ1v) is 9.60. The van der Waals surface area contributed by atoms with Gasteiger partial charge in [-0.2, -0.15) is 10.8 Å². The molecule has 0 amide bonds. The van der Waals surface area contributed by atoms with Crippen LogP contribution in [0.15, 0.2) is 106 Å². The Hall–Kier alpha value is -3.25. The van der Waals surface area contributed by atoms with Crippen molar-refractivity contribution in [2.75, 3.05) is 0 Å². The molecule has 2 aromatic carbocycles. The second-order valence-electron chi connectivity index (χ2n) is 6.95. The van der Waals surface area contributed by atoms with Crippen LogP contribution in [-0.2, 0) is 6.61 Å². The van der Waals surface area contributed by atoms with Gasteiger partial charge in [-0.3, -0.25) is 4.99 Å². The van der Waals surface area contributed by atoms with Crippen molar-refractivity contribution in [3.8, 4) is 5.75 Å². The number of fused-ring (bicyclic) bond motifs is 1. The molecule has 0 bridgehead atoms. The standard InChI is InChI=1S/C23H18ClN4O/c24-19-8-1-4-16(12-19)15-29-20-9-3-7-18(13-20)23-27-22(17-5-2-6-17)21-14-26-10-11-28(21,23)25/h1-14H,15,25H2/q+1. The van der Waals surface area contributed by atoms with Gasteiger partial charge in [-0.15, -0.1) is 4.59 Å². The van der Waals surface area contributed by atoms with Gasteiger partial charge in [0.15, 0.2) is 0 Å².